The highest BCUT2D eigenvalue weighted by atomic mass is 19.1. The quantitative estimate of drug-likeness (QED) is 0.859. The van der Waals surface area contributed by atoms with Gasteiger partial charge in [0.15, 0.2) is 0 Å². The summed E-state index contributed by atoms with van der Waals surface area (Å²) in [6, 6.07) is 8.36. The molecule has 18 heavy (non-hydrogen) atoms. The molecule has 2 aromatic carbocycles. The molecule has 3 nitrogen and oxygen atoms in total. The zero-order chi connectivity index (χ0) is 13.1. The fraction of sp³-hybridized carbons (Fsp3) is 0. The van der Waals surface area contributed by atoms with E-state index in [1.165, 1.54) is 24.3 Å². The highest BCUT2D eigenvalue weighted by Gasteiger charge is 2.09. The second kappa shape index (κ2) is 4.83. The second-order valence-corrected chi connectivity index (χ2v) is 3.63. The van der Waals surface area contributed by atoms with Gasteiger partial charge in [-0.05, 0) is 36.4 Å². The Morgan fingerprint density at radius 2 is 1.72 bits per heavy atom. The molecule has 0 aliphatic carbocycles. The molecule has 0 atom stereocenters. The minimum atomic E-state index is -0.845. The molecule has 0 fully saturated rings. The topological polar surface area (TPSA) is 49.3 Å². The van der Waals surface area contributed by atoms with Crippen molar-refractivity contribution in [2.24, 2.45) is 0 Å². The number of benzene rings is 2. The molecule has 2 aromatic rings. The van der Waals surface area contributed by atoms with Gasteiger partial charge in [0.1, 0.15) is 17.4 Å². The van der Waals surface area contributed by atoms with Crippen molar-refractivity contribution in [3.63, 3.8) is 0 Å². The first-order chi connectivity index (χ1) is 8.56. The Labute approximate surface area is 102 Å². The van der Waals surface area contributed by atoms with Gasteiger partial charge in [-0.15, -0.1) is 0 Å². The summed E-state index contributed by atoms with van der Waals surface area (Å²) in [5, 5.41) is 11.4. The Morgan fingerprint density at radius 3 is 2.33 bits per heavy atom. The van der Waals surface area contributed by atoms with Gasteiger partial charge in [-0.2, -0.15) is 0 Å². The summed E-state index contributed by atoms with van der Waals surface area (Å²) in [5.74, 6) is -2.07. The number of hydrogen-bond donors (Lipinski definition) is 2. The lowest BCUT2D eigenvalue weighted by molar-refractivity contribution is 0.102. The van der Waals surface area contributed by atoms with Gasteiger partial charge in [0.2, 0.25) is 0 Å². The summed E-state index contributed by atoms with van der Waals surface area (Å²) >= 11 is 0. The van der Waals surface area contributed by atoms with E-state index in [9.17, 15) is 13.6 Å². The van der Waals surface area contributed by atoms with E-state index in [2.05, 4.69) is 5.32 Å². The van der Waals surface area contributed by atoms with E-state index < -0.39 is 17.5 Å². The third-order valence-electron chi connectivity index (χ3n) is 2.31. The number of nitrogens with one attached hydrogen (secondary N) is 1. The number of phenols is 1. The van der Waals surface area contributed by atoms with Crippen LogP contribution in [0.25, 0.3) is 0 Å². The first kappa shape index (κ1) is 12.0. The Balaban J connectivity index is 2.18. The van der Waals surface area contributed by atoms with Crippen LogP contribution in [-0.4, -0.2) is 11.0 Å². The lowest BCUT2D eigenvalue weighted by atomic mass is 10.2. The molecule has 0 bridgehead atoms. The SMILES string of the molecule is O=C(Nc1ccc(F)cc1F)c1ccc(O)cc1. The molecule has 0 aromatic heterocycles. The van der Waals surface area contributed by atoms with Crippen LogP contribution >= 0.6 is 0 Å². The number of phenolic OH excluding ortho intramolecular Hbond substituents is 1. The summed E-state index contributed by atoms with van der Waals surface area (Å²) in [6.07, 6.45) is 0. The van der Waals surface area contributed by atoms with Crippen LogP contribution in [0, 0.1) is 11.6 Å². The molecule has 5 heteroatoms. The normalized spacial score (nSPS) is 10.1. The Morgan fingerprint density at radius 1 is 1.06 bits per heavy atom. The fourth-order valence-corrected chi connectivity index (χ4v) is 1.40. The van der Waals surface area contributed by atoms with E-state index in [4.69, 9.17) is 5.11 Å². The van der Waals surface area contributed by atoms with Crippen LogP contribution in [0.1, 0.15) is 10.4 Å². The molecule has 0 saturated carbocycles. The third kappa shape index (κ3) is 2.63. The number of anilines is 1. The van der Waals surface area contributed by atoms with E-state index in [1.54, 1.807) is 0 Å². The van der Waals surface area contributed by atoms with Crippen molar-refractivity contribution in [3.8, 4) is 5.75 Å². The number of hydrogen-bond acceptors (Lipinski definition) is 2. The Hall–Kier alpha value is -2.43. The smallest absolute Gasteiger partial charge is 0.255 e. The van der Waals surface area contributed by atoms with Gasteiger partial charge in [-0.1, -0.05) is 0 Å². The van der Waals surface area contributed by atoms with E-state index >= 15 is 0 Å². The molecule has 2 N–H and O–H groups in total. The third-order valence-corrected chi connectivity index (χ3v) is 2.31. The molecule has 0 spiro atoms. The van der Waals surface area contributed by atoms with Gasteiger partial charge in [0.25, 0.3) is 5.91 Å². The zero-order valence-corrected chi connectivity index (χ0v) is 9.15. The summed E-state index contributed by atoms with van der Waals surface area (Å²) in [7, 11) is 0. The standard InChI is InChI=1S/C13H9F2NO2/c14-9-3-6-12(11(15)7-9)16-13(18)8-1-4-10(17)5-2-8/h1-7,17H,(H,16,18). The van der Waals surface area contributed by atoms with Crippen LogP contribution in [-0.2, 0) is 0 Å². The summed E-state index contributed by atoms with van der Waals surface area (Å²) in [6.45, 7) is 0. The Bertz CT molecular complexity index is 582. The first-order valence-electron chi connectivity index (χ1n) is 5.12. The number of carbonyl (C=O) groups is 1. The largest absolute Gasteiger partial charge is 0.508 e. The lowest BCUT2D eigenvalue weighted by Crippen LogP contribution is -2.12. The van der Waals surface area contributed by atoms with Crippen LogP contribution in [0.2, 0.25) is 0 Å². The number of halogens is 2. The predicted molar refractivity (Wildman–Crippen MR) is 62.4 cm³/mol. The number of carbonyl (C=O) groups excluding carboxylic acids is 1. The van der Waals surface area contributed by atoms with Crippen LogP contribution < -0.4 is 5.32 Å². The van der Waals surface area contributed by atoms with Gasteiger partial charge >= 0.3 is 0 Å². The number of amides is 1. The van der Waals surface area contributed by atoms with Gasteiger partial charge in [0.05, 0.1) is 5.69 Å². The first-order valence-corrected chi connectivity index (χ1v) is 5.12. The monoisotopic (exact) mass is 249 g/mol. The molecular weight excluding hydrogens is 240 g/mol. The highest BCUT2D eigenvalue weighted by molar-refractivity contribution is 6.04. The summed E-state index contributed by atoms with van der Waals surface area (Å²) in [5.41, 5.74) is 0.158. The average molecular weight is 249 g/mol. The van der Waals surface area contributed by atoms with Crippen molar-refractivity contribution in [3.05, 3.63) is 59.7 Å². The molecule has 0 aliphatic rings. The zero-order valence-electron chi connectivity index (χ0n) is 9.15. The number of rotatable bonds is 2. The van der Waals surface area contributed by atoms with Gasteiger partial charge in [0, 0.05) is 11.6 Å². The number of aromatic hydroxyl groups is 1. The minimum absolute atomic E-state index is 0.0273. The van der Waals surface area contributed by atoms with Crippen molar-refractivity contribution in [2.45, 2.75) is 0 Å². The van der Waals surface area contributed by atoms with E-state index in [0.29, 0.717) is 6.07 Å². The summed E-state index contributed by atoms with van der Waals surface area (Å²) < 4.78 is 26.0. The molecule has 0 saturated heterocycles. The van der Waals surface area contributed by atoms with Crippen molar-refractivity contribution in [1.82, 2.24) is 0 Å². The van der Waals surface area contributed by atoms with Crippen LogP contribution in [0.15, 0.2) is 42.5 Å². The molecule has 1 amide bonds. The van der Waals surface area contributed by atoms with Crippen molar-refractivity contribution >= 4 is 11.6 Å². The van der Waals surface area contributed by atoms with E-state index in [1.807, 2.05) is 0 Å². The minimum Gasteiger partial charge on any atom is -0.508 e. The van der Waals surface area contributed by atoms with Crippen molar-refractivity contribution in [1.29, 1.82) is 0 Å². The predicted octanol–water partition coefficient (Wildman–Crippen LogP) is 2.92. The maximum Gasteiger partial charge on any atom is 0.255 e. The molecule has 0 unspecified atom stereocenters. The molecule has 2 rings (SSSR count). The van der Waals surface area contributed by atoms with Crippen LogP contribution in [0.5, 0.6) is 5.75 Å². The van der Waals surface area contributed by atoms with Crippen molar-refractivity contribution in [2.75, 3.05) is 5.32 Å². The van der Waals surface area contributed by atoms with Gasteiger partial charge in [-0.3, -0.25) is 4.79 Å². The van der Waals surface area contributed by atoms with Crippen LogP contribution in [0.3, 0.4) is 0 Å². The molecular formula is C13H9F2NO2. The molecule has 92 valence electrons. The highest BCUT2D eigenvalue weighted by Crippen LogP contribution is 2.17. The molecule has 0 aliphatic heterocycles. The average Bonchev–Trinajstić information content (AvgIpc) is 2.33. The maximum absolute atomic E-state index is 13.3. The maximum atomic E-state index is 13.3. The second-order valence-electron chi connectivity index (χ2n) is 3.63. The van der Waals surface area contributed by atoms with E-state index in [-0.39, 0.29) is 17.0 Å². The lowest BCUT2D eigenvalue weighted by Gasteiger charge is -2.06. The van der Waals surface area contributed by atoms with Gasteiger partial charge < -0.3 is 10.4 Å². The van der Waals surface area contributed by atoms with Crippen LogP contribution in [0.4, 0.5) is 14.5 Å². The fourth-order valence-electron chi connectivity index (χ4n) is 1.40. The summed E-state index contributed by atoms with van der Waals surface area (Å²) in [4.78, 5) is 11.7. The molecule has 0 heterocycles. The molecule has 0 radical (unpaired) electrons. The van der Waals surface area contributed by atoms with Gasteiger partial charge in [-0.25, -0.2) is 8.78 Å². The Kier molecular flexibility index (Phi) is 3.23. The van der Waals surface area contributed by atoms with Crippen molar-refractivity contribution < 1.29 is 18.7 Å². The van der Waals surface area contributed by atoms with E-state index in [0.717, 1.165) is 12.1 Å².